The number of nitrogens with one attached hydrogen (secondary N) is 3. The Morgan fingerprint density at radius 3 is 2.29 bits per heavy atom. The van der Waals surface area contributed by atoms with Gasteiger partial charge in [-0.25, -0.2) is 14.0 Å². The Hall–Kier alpha value is -3.29. The molecule has 34 heavy (non-hydrogen) atoms. The molecular weight excluding hydrogens is 435 g/mol. The lowest BCUT2D eigenvalue weighted by Gasteiger charge is -2.33. The second kappa shape index (κ2) is 11.7. The number of urea groups is 2. The summed E-state index contributed by atoms with van der Waals surface area (Å²) in [7, 11) is 0. The molecule has 2 aromatic rings. The molecule has 2 aliphatic rings. The summed E-state index contributed by atoms with van der Waals surface area (Å²) in [4.78, 5) is 26.8. The van der Waals surface area contributed by atoms with Gasteiger partial charge in [0.2, 0.25) is 0 Å². The molecule has 4 amide bonds. The van der Waals surface area contributed by atoms with Crippen molar-refractivity contribution in [2.75, 3.05) is 18.4 Å². The Kier molecular flexibility index (Phi) is 8.22. The molecule has 3 N–H and O–H groups in total. The number of ether oxygens (including phenoxy) is 1. The summed E-state index contributed by atoms with van der Waals surface area (Å²) in [6.07, 6.45) is 7.20. The summed E-state index contributed by atoms with van der Waals surface area (Å²) in [5.74, 6) is 0.338. The van der Waals surface area contributed by atoms with Gasteiger partial charge in [-0.3, -0.25) is 0 Å². The van der Waals surface area contributed by atoms with Crippen molar-refractivity contribution in [1.82, 2.24) is 15.5 Å². The van der Waals surface area contributed by atoms with Gasteiger partial charge in [-0.1, -0.05) is 37.5 Å². The first-order chi connectivity index (χ1) is 16.5. The summed E-state index contributed by atoms with van der Waals surface area (Å²) < 4.78 is 18.8. The lowest BCUT2D eigenvalue weighted by atomic mass is 9.96. The van der Waals surface area contributed by atoms with Gasteiger partial charge in [0.05, 0.1) is 0 Å². The minimum Gasteiger partial charge on any atom is -0.489 e. The summed E-state index contributed by atoms with van der Waals surface area (Å²) in [5, 5.41) is 9.08. The number of anilines is 1. The highest BCUT2D eigenvalue weighted by Gasteiger charge is 2.25. The average molecular weight is 469 g/mol. The third-order valence-electron chi connectivity index (χ3n) is 6.46. The van der Waals surface area contributed by atoms with Crippen molar-refractivity contribution >= 4 is 17.7 Å². The van der Waals surface area contributed by atoms with Gasteiger partial charge in [-0.15, -0.1) is 0 Å². The molecule has 1 heterocycles. The normalized spacial score (nSPS) is 17.1. The monoisotopic (exact) mass is 468 g/mol. The van der Waals surface area contributed by atoms with Crippen LogP contribution < -0.4 is 20.7 Å². The number of nitrogens with zero attached hydrogens (tertiary/aromatic N) is 1. The second-order valence-electron chi connectivity index (χ2n) is 9.09. The first-order valence-corrected chi connectivity index (χ1v) is 12.2. The zero-order chi connectivity index (χ0) is 23.8. The molecule has 4 rings (SSSR count). The number of likely N-dealkylation sites (tertiary alicyclic amines) is 1. The number of halogens is 1. The predicted octanol–water partition coefficient (Wildman–Crippen LogP) is 5.03. The molecule has 1 aliphatic carbocycles. The molecule has 7 nitrogen and oxygen atoms in total. The number of carbonyl (C=O) groups is 2. The predicted molar refractivity (Wildman–Crippen MR) is 129 cm³/mol. The first-order valence-electron chi connectivity index (χ1n) is 12.2. The highest BCUT2D eigenvalue weighted by Crippen LogP contribution is 2.21. The Morgan fingerprint density at radius 1 is 0.912 bits per heavy atom. The number of rotatable bonds is 6. The first kappa shape index (κ1) is 23.9. The van der Waals surface area contributed by atoms with E-state index in [1.807, 2.05) is 18.2 Å². The maximum atomic E-state index is 13.0. The molecular formula is C26H33FN4O3. The maximum Gasteiger partial charge on any atom is 0.321 e. The topological polar surface area (TPSA) is 82.7 Å². The second-order valence-corrected chi connectivity index (χ2v) is 9.09. The third-order valence-corrected chi connectivity index (χ3v) is 6.46. The fourth-order valence-electron chi connectivity index (χ4n) is 4.50. The van der Waals surface area contributed by atoms with Gasteiger partial charge < -0.3 is 25.6 Å². The standard InChI is InChI=1S/C26H33FN4O3/c27-20-11-9-19(10-12-20)18-34-24-8-4-7-23(17-24)30-26(33)31-15-13-22(14-16-31)29-25(32)28-21-5-2-1-3-6-21/h4,7-12,17,21-22H,1-3,5-6,13-16,18H2,(H,30,33)(H2,28,29,32). The van der Waals surface area contributed by atoms with E-state index < -0.39 is 0 Å². The van der Waals surface area contributed by atoms with Crippen LogP contribution >= 0.6 is 0 Å². The smallest absolute Gasteiger partial charge is 0.321 e. The van der Waals surface area contributed by atoms with E-state index in [9.17, 15) is 14.0 Å². The van der Waals surface area contributed by atoms with Gasteiger partial charge in [-0.05, 0) is 55.5 Å². The van der Waals surface area contributed by atoms with Crippen LogP contribution in [0.15, 0.2) is 48.5 Å². The number of benzene rings is 2. The highest BCUT2D eigenvalue weighted by atomic mass is 19.1. The molecule has 0 spiro atoms. The quantitative estimate of drug-likeness (QED) is 0.556. The molecule has 0 radical (unpaired) electrons. The molecule has 1 aliphatic heterocycles. The van der Waals surface area contributed by atoms with Crippen LogP contribution in [0.4, 0.5) is 19.7 Å². The molecule has 1 saturated heterocycles. The van der Waals surface area contributed by atoms with Gasteiger partial charge in [0, 0.05) is 36.9 Å². The van der Waals surface area contributed by atoms with E-state index >= 15 is 0 Å². The number of hydrogen-bond acceptors (Lipinski definition) is 3. The van der Waals surface area contributed by atoms with Crippen molar-refractivity contribution in [2.24, 2.45) is 0 Å². The zero-order valence-corrected chi connectivity index (χ0v) is 19.4. The largest absolute Gasteiger partial charge is 0.489 e. The molecule has 0 atom stereocenters. The van der Waals surface area contributed by atoms with Crippen molar-refractivity contribution in [3.05, 3.63) is 59.9 Å². The fourth-order valence-corrected chi connectivity index (χ4v) is 4.50. The Bertz CT molecular complexity index is 955. The van der Waals surface area contributed by atoms with E-state index in [4.69, 9.17) is 4.74 Å². The molecule has 8 heteroatoms. The van der Waals surface area contributed by atoms with Gasteiger partial charge in [0.15, 0.2) is 0 Å². The Morgan fingerprint density at radius 2 is 1.59 bits per heavy atom. The lowest BCUT2D eigenvalue weighted by Crippen LogP contribution is -2.51. The van der Waals surface area contributed by atoms with Gasteiger partial charge in [0.1, 0.15) is 18.2 Å². The molecule has 0 unspecified atom stereocenters. The van der Waals surface area contributed by atoms with E-state index in [0.717, 1.165) is 31.2 Å². The van der Waals surface area contributed by atoms with Gasteiger partial charge in [0.25, 0.3) is 0 Å². The number of hydrogen-bond donors (Lipinski definition) is 3. The van der Waals surface area contributed by atoms with Crippen LogP contribution in [-0.2, 0) is 6.61 Å². The van der Waals surface area contributed by atoms with Crippen LogP contribution in [0.5, 0.6) is 5.75 Å². The summed E-state index contributed by atoms with van der Waals surface area (Å²) in [6.45, 7) is 1.48. The van der Waals surface area contributed by atoms with Gasteiger partial charge >= 0.3 is 12.1 Å². The van der Waals surface area contributed by atoms with Crippen LogP contribution in [0.1, 0.15) is 50.5 Å². The van der Waals surface area contributed by atoms with E-state index in [1.54, 1.807) is 23.1 Å². The van der Waals surface area contributed by atoms with E-state index in [0.29, 0.717) is 31.1 Å². The fraction of sp³-hybridized carbons (Fsp3) is 0.462. The van der Waals surface area contributed by atoms with Crippen LogP contribution in [0.3, 0.4) is 0 Å². The van der Waals surface area contributed by atoms with Crippen molar-refractivity contribution in [3.8, 4) is 5.75 Å². The average Bonchev–Trinajstić information content (AvgIpc) is 2.85. The molecule has 2 aromatic carbocycles. The summed E-state index contributed by atoms with van der Waals surface area (Å²) in [6, 6.07) is 13.5. The van der Waals surface area contributed by atoms with E-state index in [1.165, 1.54) is 31.4 Å². The highest BCUT2D eigenvalue weighted by molar-refractivity contribution is 5.89. The number of carbonyl (C=O) groups excluding carboxylic acids is 2. The SMILES string of the molecule is O=C(NC1CCCCC1)NC1CCN(C(=O)Nc2cccc(OCc3ccc(F)cc3)c2)CC1. The molecule has 0 bridgehead atoms. The Balaban J connectivity index is 1.19. The lowest BCUT2D eigenvalue weighted by molar-refractivity contribution is 0.186. The summed E-state index contributed by atoms with van der Waals surface area (Å²) in [5.41, 5.74) is 1.51. The molecule has 0 aromatic heterocycles. The van der Waals surface area contributed by atoms with Gasteiger partial charge in [-0.2, -0.15) is 0 Å². The van der Waals surface area contributed by atoms with Crippen LogP contribution in [-0.4, -0.2) is 42.1 Å². The third kappa shape index (κ3) is 7.10. The van der Waals surface area contributed by atoms with Crippen molar-refractivity contribution < 1.29 is 18.7 Å². The molecule has 1 saturated carbocycles. The Labute approximate surface area is 200 Å². The van der Waals surface area contributed by atoms with Crippen molar-refractivity contribution in [2.45, 2.75) is 63.6 Å². The maximum absolute atomic E-state index is 13.0. The van der Waals surface area contributed by atoms with Crippen LogP contribution in [0, 0.1) is 5.82 Å². The van der Waals surface area contributed by atoms with Crippen LogP contribution in [0.25, 0.3) is 0 Å². The van der Waals surface area contributed by atoms with Crippen molar-refractivity contribution in [3.63, 3.8) is 0 Å². The number of piperidine rings is 1. The minimum atomic E-state index is -0.281. The van der Waals surface area contributed by atoms with Crippen LogP contribution in [0.2, 0.25) is 0 Å². The number of amides is 4. The van der Waals surface area contributed by atoms with E-state index in [-0.39, 0.29) is 30.0 Å². The molecule has 2 fully saturated rings. The molecule has 182 valence electrons. The minimum absolute atomic E-state index is 0.0795. The zero-order valence-electron chi connectivity index (χ0n) is 19.4. The van der Waals surface area contributed by atoms with Crippen molar-refractivity contribution in [1.29, 1.82) is 0 Å². The van der Waals surface area contributed by atoms with E-state index in [2.05, 4.69) is 16.0 Å². The summed E-state index contributed by atoms with van der Waals surface area (Å²) >= 11 is 0.